The van der Waals surface area contributed by atoms with Gasteiger partial charge in [0, 0.05) is 13.7 Å². The van der Waals surface area contributed by atoms with Crippen LogP contribution in [0.25, 0.3) is 0 Å². The standard InChI is InChI=1S/C10H21NO2/c1-8(2)13-7-9-10(12-4)5-6-11(9)3/h8-10H,5-7H2,1-4H3/t9-,10+/m0/s1. The summed E-state index contributed by atoms with van der Waals surface area (Å²) in [5.74, 6) is 0. The molecule has 2 atom stereocenters. The molecule has 0 radical (unpaired) electrons. The van der Waals surface area contributed by atoms with Crippen LogP contribution in [0.3, 0.4) is 0 Å². The largest absolute Gasteiger partial charge is 0.380 e. The van der Waals surface area contributed by atoms with Gasteiger partial charge in [0.15, 0.2) is 0 Å². The molecule has 1 saturated heterocycles. The Morgan fingerprint density at radius 3 is 2.69 bits per heavy atom. The second kappa shape index (κ2) is 4.94. The molecule has 3 nitrogen and oxygen atoms in total. The maximum atomic E-state index is 5.61. The monoisotopic (exact) mass is 187 g/mol. The van der Waals surface area contributed by atoms with E-state index >= 15 is 0 Å². The minimum Gasteiger partial charge on any atom is -0.380 e. The van der Waals surface area contributed by atoms with E-state index in [9.17, 15) is 0 Å². The molecular weight excluding hydrogens is 166 g/mol. The second-order valence-electron chi connectivity index (χ2n) is 3.99. The normalized spacial score (nSPS) is 30.2. The molecule has 0 spiro atoms. The predicted molar refractivity (Wildman–Crippen MR) is 52.9 cm³/mol. The van der Waals surface area contributed by atoms with Crippen LogP contribution in [0.5, 0.6) is 0 Å². The van der Waals surface area contributed by atoms with Gasteiger partial charge in [0.2, 0.25) is 0 Å². The lowest BCUT2D eigenvalue weighted by Gasteiger charge is -2.24. The Morgan fingerprint density at radius 2 is 2.15 bits per heavy atom. The molecule has 0 saturated carbocycles. The van der Waals surface area contributed by atoms with Gasteiger partial charge in [-0.1, -0.05) is 0 Å². The Balaban J connectivity index is 2.35. The van der Waals surface area contributed by atoms with E-state index in [1.165, 1.54) is 0 Å². The molecule has 3 heteroatoms. The van der Waals surface area contributed by atoms with Crippen LogP contribution in [0.1, 0.15) is 20.3 Å². The molecule has 0 aromatic rings. The Labute approximate surface area is 81.0 Å². The summed E-state index contributed by atoms with van der Waals surface area (Å²) in [6.45, 7) is 6.03. The van der Waals surface area contributed by atoms with Crippen LogP contribution in [-0.4, -0.2) is 50.5 Å². The first-order valence-corrected chi connectivity index (χ1v) is 4.99. The van der Waals surface area contributed by atoms with Gasteiger partial charge >= 0.3 is 0 Å². The fourth-order valence-corrected chi connectivity index (χ4v) is 1.77. The van der Waals surface area contributed by atoms with Crippen molar-refractivity contribution < 1.29 is 9.47 Å². The number of methoxy groups -OCH3 is 1. The highest BCUT2D eigenvalue weighted by molar-refractivity contribution is 4.85. The summed E-state index contributed by atoms with van der Waals surface area (Å²) < 4.78 is 11.0. The Morgan fingerprint density at radius 1 is 1.46 bits per heavy atom. The third-order valence-corrected chi connectivity index (χ3v) is 2.66. The summed E-state index contributed by atoms with van der Waals surface area (Å²) in [5.41, 5.74) is 0. The number of likely N-dealkylation sites (tertiary alicyclic amines) is 1. The van der Waals surface area contributed by atoms with Crippen molar-refractivity contribution in [2.45, 2.75) is 38.5 Å². The summed E-state index contributed by atoms with van der Waals surface area (Å²) in [6, 6.07) is 0.437. The van der Waals surface area contributed by atoms with Crippen molar-refractivity contribution in [2.24, 2.45) is 0 Å². The average molecular weight is 187 g/mol. The summed E-state index contributed by atoms with van der Waals surface area (Å²) >= 11 is 0. The van der Waals surface area contributed by atoms with Crippen LogP contribution in [0.4, 0.5) is 0 Å². The van der Waals surface area contributed by atoms with E-state index in [2.05, 4.69) is 25.8 Å². The Kier molecular flexibility index (Phi) is 4.16. The quantitative estimate of drug-likeness (QED) is 0.658. The first-order chi connectivity index (χ1) is 6.15. The molecule has 78 valence electrons. The molecule has 0 unspecified atom stereocenters. The zero-order valence-corrected chi connectivity index (χ0v) is 9.12. The molecule has 0 N–H and O–H groups in total. The zero-order chi connectivity index (χ0) is 9.84. The van der Waals surface area contributed by atoms with Crippen molar-refractivity contribution in [1.29, 1.82) is 0 Å². The zero-order valence-electron chi connectivity index (χ0n) is 9.12. The number of likely N-dealkylation sites (N-methyl/N-ethyl adjacent to an activating group) is 1. The average Bonchev–Trinajstić information content (AvgIpc) is 2.43. The molecule has 1 aliphatic rings. The fraction of sp³-hybridized carbons (Fsp3) is 1.00. The van der Waals surface area contributed by atoms with Gasteiger partial charge in [-0.15, -0.1) is 0 Å². The fourth-order valence-electron chi connectivity index (χ4n) is 1.77. The van der Waals surface area contributed by atoms with E-state index in [1.54, 1.807) is 7.11 Å². The Bertz CT molecular complexity index is 150. The molecule has 0 aromatic heterocycles. The summed E-state index contributed by atoms with van der Waals surface area (Å²) in [7, 11) is 3.92. The molecule has 1 aliphatic heterocycles. The van der Waals surface area contributed by atoms with Gasteiger partial charge in [0.1, 0.15) is 0 Å². The lowest BCUT2D eigenvalue weighted by atomic mass is 10.2. The van der Waals surface area contributed by atoms with E-state index in [0.29, 0.717) is 18.2 Å². The van der Waals surface area contributed by atoms with Gasteiger partial charge in [0.25, 0.3) is 0 Å². The number of ether oxygens (including phenoxy) is 2. The third-order valence-electron chi connectivity index (χ3n) is 2.66. The van der Waals surface area contributed by atoms with Crippen LogP contribution in [-0.2, 0) is 9.47 Å². The molecule has 0 bridgehead atoms. The summed E-state index contributed by atoms with van der Waals surface area (Å²) in [5, 5.41) is 0. The summed E-state index contributed by atoms with van der Waals surface area (Å²) in [6.07, 6.45) is 1.79. The first kappa shape index (κ1) is 11.0. The van der Waals surface area contributed by atoms with E-state index < -0.39 is 0 Å². The van der Waals surface area contributed by atoms with Gasteiger partial charge in [-0.2, -0.15) is 0 Å². The van der Waals surface area contributed by atoms with Crippen molar-refractivity contribution in [1.82, 2.24) is 4.90 Å². The van der Waals surface area contributed by atoms with Gasteiger partial charge in [-0.3, -0.25) is 4.90 Å². The maximum Gasteiger partial charge on any atom is 0.0761 e. The highest BCUT2D eigenvalue weighted by Gasteiger charge is 2.31. The van der Waals surface area contributed by atoms with Crippen molar-refractivity contribution >= 4 is 0 Å². The number of hydrogen-bond donors (Lipinski definition) is 0. The molecule has 1 fully saturated rings. The van der Waals surface area contributed by atoms with Gasteiger partial charge in [0.05, 0.1) is 24.9 Å². The van der Waals surface area contributed by atoms with Gasteiger partial charge < -0.3 is 9.47 Å². The Hall–Kier alpha value is -0.120. The predicted octanol–water partition coefficient (Wildman–Crippen LogP) is 1.13. The topological polar surface area (TPSA) is 21.7 Å². The maximum absolute atomic E-state index is 5.61. The first-order valence-electron chi connectivity index (χ1n) is 4.99. The highest BCUT2D eigenvalue weighted by atomic mass is 16.5. The van der Waals surface area contributed by atoms with E-state index in [-0.39, 0.29) is 0 Å². The number of nitrogens with zero attached hydrogens (tertiary/aromatic N) is 1. The number of rotatable bonds is 4. The van der Waals surface area contributed by atoms with Crippen LogP contribution >= 0.6 is 0 Å². The molecule has 1 heterocycles. The van der Waals surface area contributed by atoms with E-state index in [4.69, 9.17) is 9.47 Å². The van der Waals surface area contributed by atoms with Crippen LogP contribution in [0, 0.1) is 0 Å². The second-order valence-corrected chi connectivity index (χ2v) is 3.99. The molecule has 0 amide bonds. The number of hydrogen-bond acceptors (Lipinski definition) is 3. The molecule has 13 heavy (non-hydrogen) atoms. The van der Waals surface area contributed by atoms with Crippen molar-refractivity contribution in [3.63, 3.8) is 0 Å². The van der Waals surface area contributed by atoms with Gasteiger partial charge in [-0.25, -0.2) is 0 Å². The lowest BCUT2D eigenvalue weighted by Crippen LogP contribution is -2.38. The lowest BCUT2D eigenvalue weighted by molar-refractivity contribution is -0.00461. The molecular formula is C10H21NO2. The van der Waals surface area contributed by atoms with Crippen LogP contribution in [0.15, 0.2) is 0 Å². The van der Waals surface area contributed by atoms with Crippen molar-refractivity contribution in [2.75, 3.05) is 27.3 Å². The smallest absolute Gasteiger partial charge is 0.0761 e. The minimum atomic E-state index is 0.312. The minimum absolute atomic E-state index is 0.312. The van der Waals surface area contributed by atoms with Gasteiger partial charge in [-0.05, 0) is 27.3 Å². The van der Waals surface area contributed by atoms with Crippen LogP contribution in [0.2, 0.25) is 0 Å². The third kappa shape index (κ3) is 2.93. The summed E-state index contributed by atoms with van der Waals surface area (Å²) in [4.78, 5) is 2.32. The SMILES string of the molecule is CO[C@@H]1CCN(C)[C@H]1COC(C)C. The molecule has 1 rings (SSSR count). The highest BCUT2D eigenvalue weighted by Crippen LogP contribution is 2.19. The molecule has 0 aromatic carbocycles. The van der Waals surface area contributed by atoms with Crippen molar-refractivity contribution in [3.05, 3.63) is 0 Å². The van der Waals surface area contributed by atoms with Crippen LogP contribution < -0.4 is 0 Å². The van der Waals surface area contributed by atoms with E-state index in [0.717, 1.165) is 19.6 Å². The van der Waals surface area contributed by atoms with Crippen molar-refractivity contribution in [3.8, 4) is 0 Å². The molecule has 0 aliphatic carbocycles. The van der Waals surface area contributed by atoms with E-state index in [1.807, 2.05) is 0 Å².